The van der Waals surface area contributed by atoms with Crippen molar-refractivity contribution in [3.63, 3.8) is 0 Å². The first-order valence-corrected chi connectivity index (χ1v) is 8.80. The largest absolute Gasteiger partial charge is 0.325 e. The van der Waals surface area contributed by atoms with Gasteiger partial charge in [-0.3, -0.25) is 14.4 Å². The quantitative estimate of drug-likeness (QED) is 0.628. The summed E-state index contributed by atoms with van der Waals surface area (Å²) in [5, 5.41) is 3.49. The number of hydrogen-bond donors (Lipinski definition) is 1. The number of nitrogens with zero attached hydrogens (tertiary/aromatic N) is 1. The van der Waals surface area contributed by atoms with Gasteiger partial charge in [-0.15, -0.1) is 0 Å². The van der Waals surface area contributed by atoms with E-state index in [1.807, 2.05) is 0 Å². The number of amides is 2. The third kappa shape index (κ3) is 3.74. The number of anilines is 2. The van der Waals surface area contributed by atoms with Crippen LogP contribution >= 0.6 is 23.2 Å². The zero-order valence-corrected chi connectivity index (χ0v) is 15.5. The number of ketones is 1. The SMILES string of the molecule is CC(=O)c1ccc(NC(=O)C2CCN(c3ccc(Cl)c(Cl)c3)C2=O)cc1. The number of halogens is 2. The molecule has 26 heavy (non-hydrogen) atoms. The first-order chi connectivity index (χ1) is 12.4. The van der Waals surface area contributed by atoms with Gasteiger partial charge in [-0.25, -0.2) is 0 Å². The van der Waals surface area contributed by atoms with Crippen molar-refractivity contribution in [2.45, 2.75) is 13.3 Å². The first-order valence-electron chi connectivity index (χ1n) is 8.05. The second-order valence-electron chi connectivity index (χ2n) is 6.05. The molecule has 1 heterocycles. The molecular formula is C19H16Cl2N2O3. The highest BCUT2D eigenvalue weighted by Gasteiger charge is 2.37. The van der Waals surface area contributed by atoms with Gasteiger partial charge in [-0.2, -0.15) is 0 Å². The van der Waals surface area contributed by atoms with Crippen molar-refractivity contribution in [3.8, 4) is 0 Å². The molecule has 134 valence electrons. The zero-order chi connectivity index (χ0) is 18.8. The number of hydrogen-bond acceptors (Lipinski definition) is 3. The number of rotatable bonds is 4. The minimum absolute atomic E-state index is 0.0499. The fraction of sp³-hybridized carbons (Fsp3) is 0.211. The highest BCUT2D eigenvalue weighted by Crippen LogP contribution is 2.31. The molecule has 3 rings (SSSR count). The molecule has 0 saturated carbocycles. The van der Waals surface area contributed by atoms with Crippen LogP contribution in [0.15, 0.2) is 42.5 Å². The molecule has 0 spiro atoms. The number of benzene rings is 2. The molecule has 2 amide bonds. The van der Waals surface area contributed by atoms with Crippen molar-refractivity contribution in [1.82, 2.24) is 0 Å². The Hall–Kier alpha value is -2.37. The lowest BCUT2D eigenvalue weighted by Crippen LogP contribution is -2.33. The summed E-state index contributed by atoms with van der Waals surface area (Å²) in [4.78, 5) is 37.9. The van der Waals surface area contributed by atoms with Crippen LogP contribution in [0.1, 0.15) is 23.7 Å². The molecule has 1 atom stereocenters. The molecule has 1 aliphatic heterocycles. The summed E-state index contributed by atoms with van der Waals surface area (Å²) in [6.45, 7) is 1.90. The van der Waals surface area contributed by atoms with Crippen molar-refractivity contribution in [1.29, 1.82) is 0 Å². The van der Waals surface area contributed by atoms with E-state index in [4.69, 9.17) is 23.2 Å². The number of Topliss-reactive ketones (excluding diaryl/α,β-unsaturated/α-hetero) is 1. The number of carbonyl (C=O) groups excluding carboxylic acids is 3. The Morgan fingerprint density at radius 3 is 2.38 bits per heavy atom. The van der Waals surface area contributed by atoms with Crippen molar-refractivity contribution in [2.75, 3.05) is 16.8 Å². The Balaban J connectivity index is 1.70. The van der Waals surface area contributed by atoms with E-state index in [2.05, 4.69) is 5.32 Å². The van der Waals surface area contributed by atoms with Crippen molar-refractivity contribution in [3.05, 3.63) is 58.1 Å². The lowest BCUT2D eigenvalue weighted by Gasteiger charge is -2.17. The van der Waals surface area contributed by atoms with Gasteiger partial charge in [0.25, 0.3) is 0 Å². The molecule has 1 aliphatic rings. The van der Waals surface area contributed by atoms with E-state index in [-0.39, 0.29) is 17.6 Å². The second kappa shape index (κ2) is 7.48. The van der Waals surface area contributed by atoms with Crippen molar-refractivity contribution < 1.29 is 14.4 Å². The second-order valence-corrected chi connectivity index (χ2v) is 6.87. The van der Waals surface area contributed by atoms with E-state index < -0.39 is 5.92 Å². The van der Waals surface area contributed by atoms with Gasteiger partial charge in [0.2, 0.25) is 11.8 Å². The fourth-order valence-corrected chi connectivity index (χ4v) is 3.14. The summed E-state index contributed by atoms with van der Waals surface area (Å²) >= 11 is 11.9. The van der Waals surface area contributed by atoms with Gasteiger partial charge in [0, 0.05) is 23.5 Å². The topological polar surface area (TPSA) is 66.5 Å². The summed E-state index contributed by atoms with van der Waals surface area (Å²) in [5.74, 6) is -1.46. The third-order valence-electron chi connectivity index (χ3n) is 4.30. The van der Waals surface area contributed by atoms with E-state index in [0.717, 1.165) is 0 Å². The van der Waals surface area contributed by atoms with Crippen LogP contribution in [-0.2, 0) is 9.59 Å². The molecule has 0 bridgehead atoms. The van der Waals surface area contributed by atoms with Crippen LogP contribution in [-0.4, -0.2) is 24.1 Å². The molecule has 2 aromatic rings. The monoisotopic (exact) mass is 390 g/mol. The maximum atomic E-state index is 12.6. The lowest BCUT2D eigenvalue weighted by molar-refractivity contribution is -0.129. The minimum atomic E-state index is -0.767. The molecular weight excluding hydrogens is 375 g/mol. The van der Waals surface area contributed by atoms with Crippen molar-refractivity contribution >= 4 is 52.2 Å². The van der Waals surface area contributed by atoms with Crippen molar-refractivity contribution in [2.24, 2.45) is 5.92 Å². The van der Waals surface area contributed by atoms with E-state index in [9.17, 15) is 14.4 Å². The van der Waals surface area contributed by atoms with Crippen LogP contribution in [0.2, 0.25) is 10.0 Å². The molecule has 0 radical (unpaired) electrons. The van der Waals surface area contributed by atoms with Gasteiger partial charge in [-0.1, -0.05) is 23.2 Å². The summed E-state index contributed by atoms with van der Waals surface area (Å²) in [6, 6.07) is 11.5. The molecule has 0 aromatic heterocycles. The molecule has 5 nitrogen and oxygen atoms in total. The summed E-state index contributed by atoms with van der Waals surface area (Å²) in [5.41, 5.74) is 1.72. The maximum absolute atomic E-state index is 12.6. The minimum Gasteiger partial charge on any atom is -0.325 e. The Kier molecular flexibility index (Phi) is 5.30. The smallest absolute Gasteiger partial charge is 0.239 e. The van der Waals surface area contributed by atoms with Gasteiger partial charge in [0.1, 0.15) is 5.92 Å². The Labute approximate surface area is 160 Å². The highest BCUT2D eigenvalue weighted by atomic mass is 35.5. The van der Waals surface area contributed by atoms with Gasteiger partial charge >= 0.3 is 0 Å². The Bertz CT molecular complexity index is 881. The highest BCUT2D eigenvalue weighted by molar-refractivity contribution is 6.42. The molecule has 2 aromatic carbocycles. The molecule has 7 heteroatoms. The predicted octanol–water partition coefficient (Wildman–Crippen LogP) is 4.19. The maximum Gasteiger partial charge on any atom is 0.239 e. The van der Waals surface area contributed by atoms with Crippen LogP contribution in [0.25, 0.3) is 0 Å². The molecule has 1 N–H and O–H groups in total. The lowest BCUT2D eigenvalue weighted by atomic mass is 10.1. The van der Waals surface area contributed by atoms with Gasteiger partial charge in [-0.05, 0) is 55.8 Å². The predicted molar refractivity (Wildman–Crippen MR) is 102 cm³/mol. The average molecular weight is 391 g/mol. The molecule has 1 saturated heterocycles. The van der Waals surface area contributed by atoms with Crippen LogP contribution in [0.5, 0.6) is 0 Å². The van der Waals surface area contributed by atoms with Crippen LogP contribution < -0.4 is 10.2 Å². The number of carbonyl (C=O) groups is 3. The molecule has 1 unspecified atom stereocenters. The van der Waals surface area contributed by atoms with Crippen LogP contribution in [0.4, 0.5) is 11.4 Å². The molecule has 1 fully saturated rings. The Morgan fingerprint density at radius 1 is 1.08 bits per heavy atom. The number of nitrogens with one attached hydrogen (secondary N) is 1. The van der Waals surface area contributed by atoms with Gasteiger partial charge < -0.3 is 10.2 Å². The van der Waals surface area contributed by atoms with Gasteiger partial charge in [0.15, 0.2) is 5.78 Å². The van der Waals surface area contributed by atoms with Crippen LogP contribution in [0, 0.1) is 5.92 Å². The average Bonchev–Trinajstić information content (AvgIpc) is 2.99. The fourth-order valence-electron chi connectivity index (χ4n) is 2.85. The van der Waals surface area contributed by atoms with E-state index in [0.29, 0.717) is 39.9 Å². The normalized spacial score (nSPS) is 16.7. The standard InChI is InChI=1S/C19H16Cl2N2O3/c1-11(24)12-2-4-13(5-3-12)22-18(25)15-8-9-23(19(15)26)14-6-7-16(20)17(21)10-14/h2-7,10,15H,8-9H2,1H3,(H,22,25). The first kappa shape index (κ1) is 18.4. The third-order valence-corrected chi connectivity index (χ3v) is 5.03. The van der Waals surface area contributed by atoms with E-state index in [1.54, 1.807) is 42.5 Å². The summed E-state index contributed by atoms with van der Waals surface area (Å²) in [6.07, 6.45) is 0.413. The summed E-state index contributed by atoms with van der Waals surface area (Å²) < 4.78 is 0. The Morgan fingerprint density at radius 2 is 1.77 bits per heavy atom. The summed E-state index contributed by atoms with van der Waals surface area (Å²) in [7, 11) is 0. The van der Waals surface area contributed by atoms with E-state index >= 15 is 0 Å². The van der Waals surface area contributed by atoms with Crippen LogP contribution in [0.3, 0.4) is 0 Å². The molecule has 0 aliphatic carbocycles. The van der Waals surface area contributed by atoms with Gasteiger partial charge in [0.05, 0.1) is 10.0 Å². The zero-order valence-electron chi connectivity index (χ0n) is 14.0. The van der Waals surface area contributed by atoms with E-state index in [1.165, 1.54) is 11.8 Å².